The van der Waals surface area contributed by atoms with E-state index in [1.165, 1.54) is 56.1 Å². The molecule has 0 bridgehead atoms. The minimum Gasteiger partial charge on any atom is -0.327 e. The number of anilines is 4. The molecule has 0 aliphatic heterocycles. The summed E-state index contributed by atoms with van der Waals surface area (Å²) in [4.78, 5) is 5.11. The van der Waals surface area contributed by atoms with E-state index in [0.717, 1.165) is 24.0 Å². The van der Waals surface area contributed by atoms with Crippen molar-refractivity contribution >= 4 is 22.7 Å². The number of hydrogen-bond donors (Lipinski definition) is 0. The fraction of sp³-hybridized carbons (Fsp3) is 0.160. The van der Waals surface area contributed by atoms with Gasteiger partial charge in [0, 0.05) is 22.7 Å². The van der Waals surface area contributed by atoms with Gasteiger partial charge in [-0.1, -0.05) is 159 Å². The molecule has 0 fully saturated rings. The largest absolute Gasteiger partial charge is 0.327 e. The van der Waals surface area contributed by atoms with E-state index in [4.69, 9.17) is 0 Å². The second-order valence-corrected chi connectivity index (χ2v) is 14.1. The Bertz CT molecular complexity index is 2000. The molecule has 2 nitrogen and oxygen atoms in total. The van der Waals surface area contributed by atoms with Crippen LogP contribution in [-0.2, 0) is 11.1 Å². The second-order valence-electron chi connectivity index (χ2n) is 14.1. The normalized spacial score (nSPS) is 19.4. The Kier molecular flexibility index (Phi) is 9.58. The molecule has 2 heteroatoms. The molecule has 5 aromatic carbocycles. The summed E-state index contributed by atoms with van der Waals surface area (Å²) >= 11 is 0. The van der Waals surface area contributed by atoms with Crippen LogP contribution in [0.5, 0.6) is 0 Å². The van der Waals surface area contributed by atoms with E-state index in [-0.39, 0.29) is 0 Å². The Morgan fingerprint density at radius 3 is 0.962 bits per heavy atom. The van der Waals surface area contributed by atoms with Gasteiger partial charge >= 0.3 is 0 Å². The Morgan fingerprint density at radius 1 is 0.442 bits per heavy atom. The van der Waals surface area contributed by atoms with E-state index in [2.05, 4.69) is 208 Å². The van der Waals surface area contributed by atoms with Crippen LogP contribution < -0.4 is 9.80 Å². The summed E-state index contributed by atoms with van der Waals surface area (Å²) < 4.78 is 0. The highest BCUT2D eigenvalue weighted by molar-refractivity contribution is 5.76. The summed E-state index contributed by atoms with van der Waals surface area (Å²) in [6.07, 6.45) is 19.4. The van der Waals surface area contributed by atoms with Crippen molar-refractivity contribution in [2.75, 3.05) is 9.80 Å². The first-order valence-corrected chi connectivity index (χ1v) is 18.3. The van der Waals surface area contributed by atoms with Crippen LogP contribution >= 0.6 is 0 Å². The van der Waals surface area contributed by atoms with Gasteiger partial charge in [0.15, 0.2) is 0 Å². The standard InChI is InChI=1S/C50H48N2/c1-7-41-29-33-49(34-30-41,51(45-21-13-9-17-37(45)3)46-22-14-10-18-38(46)4)43-25-27-44(28-26-43)50(35-31-42(8-2)32-36-50)52(47-23-15-11-19-39(47)5)48-24-16-12-20-40(48)6/h7-33,35H,1-2,34,36H2,3-6H3. The van der Waals surface area contributed by atoms with Crippen molar-refractivity contribution in [3.63, 3.8) is 0 Å². The number of hydrogen-bond acceptors (Lipinski definition) is 2. The summed E-state index contributed by atoms with van der Waals surface area (Å²) in [7, 11) is 0. The average Bonchev–Trinajstić information content (AvgIpc) is 3.18. The minimum atomic E-state index is -0.486. The first kappa shape index (κ1) is 34.6. The predicted molar refractivity (Wildman–Crippen MR) is 223 cm³/mol. The lowest BCUT2D eigenvalue weighted by molar-refractivity contribution is 0.533. The van der Waals surface area contributed by atoms with Crippen molar-refractivity contribution in [2.24, 2.45) is 0 Å². The van der Waals surface area contributed by atoms with Crippen molar-refractivity contribution in [2.45, 2.75) is 51.6 Å². The number of aryl methyl sites for hydroxylation is 4. The predicted octanol–water partition coefficient (Wildman–Crippen LogP) is 13.1. The molecule has 0 N–H and O–H groups in total. The third kappa shape index (κ3) is 6.09. The number of para-hydroxylation sites is 4. The lowest BCUT2D eigenvalue weighted by Gasteiger charge is -2.48. The highest BCUT2D eigenvalue weighted by Gasteiger charge is 2.42. The molecule has 0 amide bonds. The first-order chi connectivity index (χ1) is 25.3. The lowest BCUT2D eigenvalue weighted by Crippen LogP contribution is -2.44. The van der Waals surface area contributed by atoms with Crippen molar-refractivity contribution in [1.82, 2.24) is 0 Å². The van der Waals surface area contributed by atoms with Gasteiger partial charge in [-0.3, -0.25) is 0 Å². The maximum Gasteiger partial charge on any atom is 0.0924 e. The molecule has 0 saturated carbocycles. The second kappa shape index (κ2) is 14.4. The lowest BCUT2D eigenvalue weighted by atomic mass is 9.76. The molecule has 2 atom stereocenters. The molecule has 52 heavy (non-hydrogen) atoms. The van der Waals surface area contributed by atoms with Crippen LogP contribution in [-0.4, -0.2) is 0 Å². The topological polar surface area (TPSA) is 6.48 Å². The fourth-order valence-electron chi connectivity index (χ4n) is 8.03. The van der Waals surface area contributed by atoms with Gasteiger partial charge in [0.05, 0.1) is 11.1 Å². The highest BCUT2D eigenvalue weighted by atomic mass is 15.2. The Labute approximate surface area is 310 Å². The van der Waals surface area contributed by atoms with Crippen LogP contribution in [0.2, 0.25) is 0 Å². The van der Waals surface area contributed by atoms with Gasteiger partial charge in [-0.05, 0) is 109 Å². The van der Waals surface area contributed by atoms with Gasteiger partial charge in [0.2, 0.25) is 0 Å². The Morgan fingerprint density at radius 2 is 0.731 bits per heavy atom. The molecular weight excluding hydrogens is 629 g/mol. The molecule has 5 aromatic rings. The van der Waals surface area contributed by atoms with Crippen molar-refractivity contribution < 1.29 is 0 Å². The van der Waals surface area contributed by atoms with Crippen LogP contribution in [0.1, 0.15) is 46.2 Å². The number of benzene rings is 5. The van der Waals surface area contributed by atoms with Crippen LogP contribution in [0.25, 0.3) is 0 Å². The quantitative estimate of drug-likeness (QED) is 0.145. The van der Waals surface area contributed by atoms with E-state index < -0.39 is 11.1 Å². The summed E-state index contributed by atoms with van der Waals surface area (Å²) in [5.41, 5.74) is 13.5. The molecular formula is C50H48N2. The molecule has 2 aliphatic carbocycles. The van der Waals surface area contributed by atoms with Gasteiger partial charge in [-0.25, -0.2) is 0 Å². The number of allylic oxidation sites excluding steroid dienone is 6. The van der Waals surface area contributed by atoms with E-state index in [1.54, 1.807) is 0 Å². The zero-order valence-corrected chi connectivity index (χ0v) is 30.9. The maximum atomic E-state index is 4.10. The molecule has 0 saturated heterocycles. The van der Waals surface area contributed by atoms with Gasteiger partial charge in [0.1, 0.15) is 0 Å². The first-order valence-electron chi connectivity index (χ1n) is 18.3. The monoisotopic (exact) mass is 676 g/mol. The molecule has 2 unspecified atom stereocenters. The van der Waals surface area contributed by atoms with Crippen molar-refractivity contribution in [3.05, 3.63) is 228 Å². The van der Waals surface area contributed by atoms with E-state index in [0.29, 0.717) is 0 Å². The van der Waals surface area contributed by atoms with E-state index in [1.807, 2.05) is 12.2 Å². The fourth-order valence-corrected chi connectivity index (χ4v) is 8.03. The molecule has 258 valence electrons. The third-order valence-corrected chi connectivity index (χ3v) is 11.0. The summed E-state index contributed by atoms with van der Waals surface area (Å²) in [5.74, 6) is 0. The highest BCUT2D eigenvalue weighted by Crippen LogP contribution is 2.50. The SMILES string of the molecule is C=CC1=CCC(c2ccc(C3(N(c4ccccc4C)c4ccccc4C)C=CC(C=C)=CC3)cc2)(N(c2ccccc2C)c2ccccc2C)C=C1. The van der Waals surface area contributed by atoms with Gasteiger partial charge < -0.3 is 9.80 Å². The summed E-state index contributed by atoms with van der Waals surface area (Å²) in [5, 5.41) is 0. The summed E-state index contributed by atoms with van der Waals surface area (Å²) in [6.45, 7) is 17.1. The van der Waals surface area contributed by atoms with Crippen LogP contribution in [0.15, 0.2) is 194 Å². The van der Waals surface area contributed by atoms with Gasteiger partial charge in [0.25, 0.3) is 0 Å². The van der Waals surface area contributed by atoms with Crippen molar-refractivity contribution in [3.8, 4) is 0 Å². The summed E-state index contributed by atoms with van der Waals surface area (Å²) in [6, 6.07) is 44.5. The minimum absolute atomic E-state index is 0.486. The zero-order chi connectivity index (χ0) is 36.3. The third-order valence-electron chi connectivity index (χ3n) is 11.0. The van der Waals surface area contributed by atoms with Gasteiger partial charge in [-0.2, -0.15) is 0 Å². The number of nitrogens with zero attached hydrogens (tertiary/aromatic N) is 2. The molecule has 7 rings (SSSR count). The molecule has 0 radical (unpaired) electrons. The molecule has 0 aromatic heterocycles. The smallest absolute Gasteiger partial charge is 0.0924 e. The molecule has 0 heterocycles. The average molecular weight is 677 g/mol. The maximum absolute atomic E-state index is 4.10. The van der Waals surface area contributed by atoms with E-state index >= 15 is 0 Å². The number of rotatable bonds is 10. The Balaban J connectivity index is 1.45. The van der Waals surface area contributed by atoms with Crippen LogP contribution in [0.3, 0.4) is 0 Å². The van der Waals surface area contributed by atoms with Crippen molar-refractivity contribution in [1.29, 1.82) is 0 Å². The molecule has 2 aliphatic rings. The molecule has 0 spiro atoms. The van der Waals surface area contributed by atoms with Crippen LogP contribution in [0, 0.1) is 27.7 Å². The Hall–Kier alpha value is -5.86. The van der Waals surface area contributed by atoms with Gasteiger partial charge in [-0.15, -0.1) is 0 Å². The van der Waals surface area contributed by atoms with E-state index in [9.17, 15) is 0 Å². The van der Waals surface area contributed by atoms with Crippen LogP contribution in [0.4, 0.5) is 22.7 Å². The zero-order valence-electron chi connectivity index (χ0n) is 30.9.